The van der Waals surface area contributed by atoms with Gasteiger partial charge in [0.15, 0.2) is 11.5 Å². The summed E-state index contributed by atoms with van der Waals surface area (Å²) in [4.78, 5) is 51.0. The van der Waals surface area contributed by atoms with E-state index in [1.165, 1.54) is 36.8 Å². The van der Waals surface area contributed by atoms with E-state index in [4.69, 9.17) is 14.2 Å². The Balaban J connectivity index is 1.37. The number of methoxy groups -OCH3 is 1. The molecule has 218 valence electrons. The zero-order valence-corrected chi connectivity index (χ0v) is 24.3. The Hall–Kier alpha value is -4.77. The second kappa shape index (κ2) is 14.2. The number of amides is 2. The second-order valence-corrected chi connectivity index (χ2v) is 10.6. The van der Waals surface area contributed by atoms with E-state index in [9.17, 15) is 19.2 Å². The molecule has 42 heavy (non-hydrogen) atoms. The summed E-state index contributed by atoms with van der Waals surface area (Å²) in [6.07, 6.45) is 6.69. The first-order valence-electron chi connectivity index (χ1n) is 13.4. The van der Waals surface area contributed by atoms with Gasteiger partial charge in [0.1, 0.15) is 5.00 Å². The Morgan fingerprint density at radius 3 is 2.57 bits per heavy atom. The van der Waals surface area contributed by atoms with Gasteiger partial charge >= 0.3 is 23.8 Å². The third kappa shape index (κ3) is 7.70. The quantitative estimate of drug-likeness (QED) is 0.0918. The lowest BCUT2D eigenvalue weighted by Gasteiger charge is -2.18. The first-order chi connectivity index (χ1) is 20.3. The van der Waals surface area contributed by atoms with Crippen molar-refractivity contribution >= 4 is 52.4 Å². The van der Waals surface area contributed by atoms with Gasteiger partial charge in [0.2, 0.25) is 0 Å². The van der Waals surface area contributed by atoms with Crippen molar-refractivity contribution in [2.75, 3.05) is 19.0 Å². The van der Waals surface area contributed by atoms with Crippen LogP contribution < -0.4 is 20.2 Å². The summed E-state index contributed by atoms with van der Waals surface area (Å²) in [7, 11) is 1.42. The van der Waals surface area contributed by atoms with Gasteiger partial charge in [0.05, 0.1) is 25.5 Å². The minimum atomic E-state index is -1.01. The van der Waals surface area contributed by atoms with Gasteiger partial charge in [0.25, 0.3) is 0 Å². The van der Waals surface area contributed by atoms with E-state index >= 15 is 0 Å². The fraction of sp³-hybridized carbons (Fsp3) is 0.258. The number of hydrogen-bond donors (Lipinski definition) is 2. The number of thiophene rings is 1. The normalized spacial score (nSPS) is 14.3. The van der Waals surface area contributed by atoms with Crippen molar-refractivity contribution in [3.8, 4) is 11.5 Å². The van der Waals surface area contributed by atoms with E-state index < -0.39 is 23.8 Å². The summed E-state index contributed by atoms with van der Waals surface area (Å²) in [5, 5.41) is 6.70. The molecule has 1 aliphatic carbocycles. The molecule has 0 radical (unpaired) electrons. The molecule has 2 amide bonds. The molecule has 1 unspecified atom stereocenters. The standard InChI is InChI=1S/C31H31N3O7S/c1-4-40-31(38)27-22-13-10-19(2)16-25(22)42-30(27)33-28(36)29(37)34-32-18-21-11-14-23(24(17-21)39-3)41-26(35)15-12-20-8-6-5-7-9-20/h5-9,11-12,14-15,17-19H,4,10,13,16H2,1-3H3,(H,33,36)(H,34,37). The smallest absolute Gasteiger partial charge is 0.341 e. The van der Waals surface area contributed by atoms with Crippen LogP contribution in [0.4, 0.5) is 5.00 Å². The number of nitrogens with one attached hydrogen (secondary N) is 2. The number of rotatable bonds is 9. The third-order valence-corrected chi connectivity index (χ3v) is 7.58. The Labute approximate surface area is 247 Å². The van der Waals surface area contributed by atoms with Crippen molar-refractivity contribution in [2.45, 2.75) is 33.1 Å². The molecule has 1 atom stereocenters. The molecule has 11 heteroatoms. The van der Waals surface area contributed by atoms with Gasteiger partial charge < -0.3 is 19.5 Å². The van der Waals surface area contributed by atoms with E-state index in [0.29, 0.717) is 28.5 Å². The first-order valence-corrected chi connectivity index (χ1v) is 14.2. The SMILES string of the molecule is CCOC(=O)c1c(NC(=O)C(=O)NN=Cc2ccc(OC(=O)C=Cc3ccccc3)c(OC)c2)sc2c1CCC(C)C2. The molecule has 0 bridgehead atoms. The van der Waals surface area contributed by atoms with Gasteiger partial charge in [-0.15, -0.1) is 11.3 Å². The van der Waals surface area contributed by atoms with Crippen LogP contribution in [0.2, 0.25) is 0 Å². The second-order valence-electron chi connectivity index (χ2n) is 9.51. The van der Waals surface area contributed by atoms with Crippen molar-refractivity contribution in [1.82, 2.24) is 5.43 Å². The van der Waals surface area contributed by atoms with Crippen LogP contribution in [0.15, 0.2) is 59.7 Å². The van der Waals surface area contributed by atoms with Gasteiger partial charge in [-0.1, -0.05) is 37.3 Å². The molecular weight excluding hydrogens is 558 g/mol. The lowest BCUT2D eigenvalue weighted by atomic mass is 9.88. The van der Waals surface area contributed by atoms with Crippen molar-refractivity contribution < 1.29 is 33.4 Å². The van der Waals surface area contributed by atoms with Crippen molar-refractivity contribution in [1.29, 1.82) is 0 Å². The molecule has 10 nitrogen and oxygen atoms in total. The number of benzene rings is 2. The highest BCUT2D eigenvalue weighted by atomic mass is 32.1. The molecule has 1 heterocycles. The Bertz CT molecular complexity index is 1530. The monoisotopic (exact) mass is 589 g/mol. The van der Waals surface area contributed by atoms with Crippen LogP contribution in [0.25, 0.3) is 6.08 Å². The van der Waals surface area contributed by atoms with Gasteiger partial charge in [-0.05, 0) is 73.1 Å². The molecule has 2 aromatic carbocycles. The number of hydrogen-bond acceptors (Lipinski definition) is 9. The molecular formula is C31H31N3O7S. The van der Waals surface area contributed by atoms with Crippen LogP contribution in [0.3, 0.4) is 0 Å². The predicted octanol–water partition coefficient (Wildman–Crippen LogP) is 4.77. The maximum atomic E-state index is 12.7. The molecule has 4 rings (SSSR count). The highest BCUT2D eigenvalue weighted by Gasteiger charge is 2.30. The summed E-state index contributed by atoms with van der Waals surface area (Å²) in [6.45, 7) is 4.04. The summed E-state index contributed by atoms with van der Waals surface area (Å²) >= 11 is 1.29. The maximum Gasteiger partial charge on any atom is 0.341 e. The average molecular weight is 590 g/mol. The molecule has 1 aromatic heterocycles. The van der Waals surface area contributed by atoms with Crippen molar-refractivity contribution in [3.63, 3.8) is 0 Å². The highest BCUT2D eigenvalue weighted by Crippen LogP contribution is 2.40. The number of carbonyl (C=O) groups is 4. The molecule has 3 aromatic rings. The Morgan fingerprint density at radius 1 is 1.05 bits per heavy atom. The van der Waals surface area contributed by atoms with Crippen LogP contribution in [0, 0.1) is 5.92 Å². The number of esters is 2. The van der Waals surface area contributed by atoms with Crippen LogP contribution in [0.1, 0.15) is 52.2 Å². The fourth-order valence-corrected chi connectivity index (χ4v) is 5.75. The molecule has 0 saturated carbocycles. The summed E-state index contributed by atoms with van der Waals surface area (Å²) in [5.74, 6) is -2.14. The largest absolute Gasteiger partial charge is 0.493 e. The topological polar surface area (TPSA) is 132 Å². The zero-order valence-electron chi connectivity index (χ0n) is 23.5. The molecule has 1 aliphatic rings. The van der Waals surface area contributed by atoms with Crippen LogP contribution in [-0.2, 0) is 32.0 Å². The third-order valence-electron chi connectivity index (χ3n) is 6.41. The number of carbonyl (C=O) groups excluding carboxylic acids is 4. The van der Waals surface area contributed by atoms with Gasteiger partial charge in [-0.3, -0.25) is 9.59 Å². The zero-order chi connectivity index (χ0) is 30.1. The molecule has 0 spiro atoms. The van der Waals surface area contributed by atoms with Crippen molar-refractivity contribution in [2.24, 2.45) is 11.0 Å². The van der Waals surface area contributed by atoms with Gasteiger partial charge in [0, 0.05) is 11.0 Å². The fourth-order valence-electron chi connectivity index (χ4n) is 4.35. The predicted molar refractivity (Wildman–Crippen MR) is 160 cm³/mol. The maximum absolute atomic E-state index is 12.7. The molecule has 0 fully saturated rings. The van der Waals surface area contributed by atoms with E-state index in [2.05, 4.69) is 22.8 Å². The van der Waals surface area contributed by atoms with Crippen molar-refractivity contribution in [3.05, 3.63) is 81.7 Å². The minimum Gasteiger partial charge on any atom is -0.493 e. The lowest BCUT2D eigenvalue weighted by molar-refractivity contribution is -0.136. The molecule has 0 aliphatic heterocycles. The number of hydrazone groups is 1. The van der Waals surface area contributed by atoms with Crippen LogP contribution in [0.5, 0.6) is 11.5 Å². The van der Waals surface area contributed by atoms with E-state index in [-0.39, 0.29) is 18.1 Å². The van der Waals surface area contributed by atoms with Crippen LogP contribution in [-0.4, -0.2) is 43.7 Å². The van der Waals surface area contributed by atoms with Gasteiger partial charge in [-0.25, -0.2) is 15.0 Å². The van der Waals surface area contributed by atoms with Crippen LogP contribution >= 0.6 is 11.3 Å². The van der Waals surface area contributed by atoms with Gasteiger partial charge in [-0.2, -0.15) is 5.10 Å². The van der Waals surface area contributed by atoms with E-state index in [1.54, 1.807) is 25.1 Å². The molecule has 2 N–H and O–H groups in total. The first kappa shape index (κ1) is 30.2. The highest BCUT2D eigenvalue weighted by molar-refractivity contribution is 7.17. The number of ether oxygens (including phenoxy) is 3. The number of anilines is 1. The number of nitrogens with zero attached hydrogens (tertiary/aromatic N) is 1. The molecule has 0 saturated heterocycles. The van der Waals surface area contributed by atoms with E-state index in [0.717, 1.165) is 28.8 Å². The minimum absolute atomic E-state index is 0.196. The Morgan fingerprint density at radius 2 is 1.83 bits per heavy atom. The average Bonchev–Trinajstić information content (AvgIpc) is 3.34. The summed E-state index contributed by atoms with van der Waals surface area (Å²) in [5.41, 5.74) is 4.74. The van der Waals surface area contributed by atoms with E-state index in [1.807, 2.05) is 30.3 Å². The summed E-state index contributed by atoms with van der Waals surface area (Å²) < 4.78 is 15.9. The summed E-state index contributed by atoms with van der Waals surface area (Å²) in [6, 6.07) is 14.0. The number of fused-ring (bicyclic) bond motifs is 1. The Kier molecular flexibility index (Phi) is 10.2. The lowest BCUT2D eigenvalue weighted by Crippen LogP contribution is -2.32.